The van der Waals surface area contributed by atoms with E-state index in [0.29, 0.717) is 0 Å². The first kappa shape index (κ1) is 14.1. The third-order valence-electron chi connectivity index (χ3n) is 4.12. The summed E-state index contributed by atoms with van der Waals surface area (Å²) >= 11 is 0. The molecule has 0 amide bonds. The van der Waals surface area contributed by atoms with Crippen LogP contribution < -0.4 is 5.73 Å². The van der Waals surface area contributed by atoms with Crippen molar-refractivity contribution in [3.63, 3.8) is 0 Å². The van der Waals surface area contributed by atoms with Crippen LogP contribution in [0.5, 0.6) is 0 Å². The Bertz CT molecular complexity index is 527. The van der Waals surface area contributed by atoms with E-state index in [1.165, 1.54) is 22.9 Å². The first-order valence-corrected chi connectivity index (χ1v) is 7.48. The normalized spacial score (nSPS) is 14.7. The Morgan fingerprint density at radius 2 is 1.95 bits per heavy atom. The average molecular weight is 258 g/mol. The first-order valence-electron chi connectivity index (χ1n) is 7.48. The fourth-order valence-corrected chi connectivity index (χ4v) is 2.52. The number of aromatic nitrogens is 1. The molecule has 0 spiro atoms. The fourth-order valence-electron chi connectivity index (χ4n) is 2.52. The lowest BCUT2D eigenvalue weighted by Crippen LogP contribution is -2.21. The predicted octanol–water partition coefficient (Wildman–Crippen LogP) is 3.97. The van der Waals surface area contributed by atoms with Crippen LogP contribution in [0, 0.1) is 5.92 Å². The topological polar surface area (TPSA) is 30.9 Å². The van der Waals surface area contributed by atoms with Gasteiger partial charge in [0.15, 0.2) is 0 Å². The van der Waals surface area contributed by atoms with Crippen LogP contribution in [0.4, 0.5) is 0 Å². The lowest BCUT2D eigenvalue weighted by atomic mass is 10.0. The molecule has 2 N–H and O–H groups in total. The van der Waals surface area contributed by atoms with Gasteiger partial charge in [-0.25, -0.2) is 0 Å². The minimum Gasteiger partial charge on any atom is -0.347 e. The van der Waals surface area contributed by atoms with Crippen LogP contribution in [-0.2, 0) is 13.0 Å². The van der Waals surface area contributed by atoms with Gasteiger partial charge in [0.1, 0.15) is 0 Å². The highest BCUT2D eigenvalue weighted by molar-refractivity contribution is 5.83. The highest BCUT2D eigenvalue weighted by Crippen LogP contribution is 2.23. The molecule has 2 atom stereocenters. The zero-order valence-electron chi connectivity index (χ0n) is 12.4. The van der Waals surface area contributed by atoms with Gasteiger partial charge in [0, 0.05) is 29.7 Å². The molecule has 2 aromatic rings. The number of benzene rings is 1. The van der Waals surface area contributed by atoms with E-state index < -0.39 is 0 Å². The van der Waals surface area contributed by atoms with Crippen molar-refractivity contribution in [2.75, 3.05) is 0 Å². The second kappa shape index (κ2) is 6.25. The van der Waals surface area contributed by atoms with E-state index in [1.54, 1.807) is 0 Å². The van der Waals surface area contributed by atoms with E-state index >= 15 is 0 Å². The molecular formula is C17H26N2. The van der Waals surface area contributed by atoms with Crippen LogP contribution >= 0.6 is 0 Å². The van der Waals surface area contributed by atoms with Gasteiger partial charge in [-0.05, 0) is 36.5 Å². The lowest BCUT2D eigenvalue weighted by molar-refractivity contribution is 0.477. The molecule has 0 radical (unpaired) electrons. The minimum atomic E-state index is 0.267. The van der Waals surface area contributed by atoms with Crippen LogP contribution in [0.3, 0.4) is 0 Å². The van der Waals surface area contributed by atoms with E-state index in [-0.39, 0.29) is 6.04 Å². The van der Waals surface area contributed by atoms with Gasteiger partial charge >= 0.3 is 0 Å². The summed E-state index contributed by atoms with van der Waals surface area (Å²) in [6, 6.07) is 9.11. The average Bonchev–Trinajstić information content (AvgIpc) is 2.83. The maximum Gasteiger partial charge on any atom is 0.0483 e. The molecular weight excluding hydrogens is 232 g/mol. The Labute approximate surface area is 116 Å². The van der Waals surface area contributed by atoms with E-state index in [0.717, 1.165) is 25.3 Å². The molecule has 0 aliphatic heterocycles. The second-order valence-corrected chi connectivity index (χ2v) is 5.70. The van der Waals surface area contributed by atoms with Crippen molar-refractivity contribution < 1.29 is 0 Å². The zero-order chi connectivity index (χ0) is 13.8. The minimum absolute atomic E-state index is 0.267. The highest BCUT2D eigenvalue weighted by atomic mass is 15.0. The number of nitrogens with two attached hydrogens (primary N) is 1. The molecule has 0 aliphatic carbocycles. The largest absolute Gasteiger partial charge is 0.347 e. The molecule has 2 heteroatoms. The predicted molar refractivity (Wildman–Crippen MR) is 83.4 cm³/mol. The van der Waals surface area contributed by atoms with Crippen molar-refractivity contribution in [2.24, 2.45) is 11.7 Å². The van der Waals surface area contributed by atoms with Crippen LogP contribution in [-0.4, -0.2) is 10.6 Å². The number of nitrogens with zero attached hydrogens (tertiary/aromatic N) is 1. The van der Waals surface area contributed by atoms with Crippen molar-refractivity contribution in [1.82, 2.24) is 4.57 Å². The van der Waals surface area contributed by atoms with E-state index in [2.05, 4.69) is 55.8 Å². The number of fused-ring (bicyclic) bond motifs is 1. The summed E-state index contributed by atoms with van der Waals surface area (Å²) in [6.45, 7) is 7.81. The van der Waals surface area contributed by atoms with Gasteiger partial charge in [-0.3, -0.25) is 0 Å². The van der Waals surface area contributed by atoms with Gasteiger partial charge in [-0.15, -0.1) is 0 Å². The molecule has 104 valence electrons. The van der Waals surface area contributed by atoms with Crippen molar-refractivity contribution in [1.29, 1.82) is 0 Å². The number of hydrogen-bond acceptors (Lipinski definition) is 1. The summed E-state index contributed by atoms with van der Waals surface area (Å²) in [6.07, 6.45) is 5.45. The number of rotatable bonds is 6. The number of hydrogen-bond donors (Lipinski definition) is 1. The molecule has 0 bridgehead atoms. The molecule has 2 rings (SSSR count). The summed E-state index contributed by atoms with van der Waals surface area (Å²) in [4.78, 5) is 0. The molecule has 0 saturated heterocycles. The Kier molecular flexibility index (Phi) is 4.65. The molecule has 2 unspecified atom stereocenters. The summed E-state index contributed by atoms with van der Waals surface area (Å²) in [5.74, 6) is 0.720. The van der Waals surface area contributed by atoms with E-state index in [1.807, 2.05) is 0 Å². The van der Waals surface area contributed by atoms with Crippen molar-refractivity contribution in [3.8, 4) is 0 Å². The first-order chi connectivity index (χ1) is 9.15. The van der Waals surface area contributed by atoms with Crippen LogP contribution in [0.25, 0.3) is 10.9 Å². The SMILES string of the molecule is CCC(C)Cn1ccc2c(CC(N)CC)cccc21. The third kappa shape index (κ3) is 3.19. The summed E-state index contributed by atoms with van der Waals surface area (Å²) in [5.41, 5.74) is 8.83. The molecule has 1 heterocycles. The Morgan fingerprint density at radius 3 is 2.63 bits per heavy atom. The maximum absolute atomic E-state index is 6.10. The molecule has 0 fully saturated rings. The Morgan fingerprint density at radius 1 is 1.16 bits per heavy atom. The monoisotopic (exact) mass is 258 g/mol. The van der Waals surface area contributed by atoms with Gasteiger partial charge in [0.2, 0.25) is 0 Å². The Hall–Kier alpha value is -1.28. The van der Waals surface area contributed by atoms with Crippen molar-refractivity contribution >= 4 is 10.9 Å². The van der Waals surface area contributed by atoms with E-state index in [4.69, 9.17) is 5.73 Å². The van der Waals surface area contributed by atoms with Crippen LogP contribution in [0.1, 0.15) is 39.2 Å². The molecule has 0 saturated carbocycles. The van der Waals surface area contributed by atoms with Gasteiger partial charge in [-0.2, -0.15) is 0 Å². The maximum atomic E-state index is 6.10. The molecule has 1 aromatic heterocycles. The van der Waals surface area contributed by atoms with Gasteiger partial charge in [-0.1, -0.05) is 39.3 Å². The van der Waals surface area contributed by atoms with Crippen LogP contribution in [0.15, 0.2) is 30.5 Å². The van der Waals surface area contributed by atoms with Gasteiger partial charge < -0.3 is 10.3 Å². The van der Waals surface area contributed by atoms with E-state index in [9.17, 15) is 0 Å². The summed E-state index contributed by atoms with van der Waals surface area (Å²) in [7, 11) is 0. The van der Waals surface area contributed by atoms with Gasteiger partial charge in [0.25, 0.3) is 0 Å². The quantitative estimate of drug-likeness (QED) is 0.835. The van der Waals surface area contributed by atoms with Gasteiger partial charge in [0.05, 0.1) is 0 Å². The standard InChI is InChI=1S/C17H26N2/c1-4-13(3)12-19-10-9-16-14(11-15(18)5-2)7-6-8-17(16)19/h6-10,13,15H,4-5,11-12,18H2,1-3H3. The summed E-state index contributed by atoms with van der Waals surface area (Å²) < 4.78 is 2.38. The Balaban J connectivity index is 2.31. The van der Waals surface area contributed by atoms with Crippen LogP contribution in [0.2, 0.25) is 0 Å². The lowest BCUT2D eigenvalue weighted by Gasteiger charge is -2.13. The van der Waals surface area contributed by atoms with Crippen molar-refractivity contribution in [3.05, 3.63) is 36.0 Å². The smallest absolute Gasteiger partial charge is 0.0483 e. The molecule has 1 aromatic carbocycles. The molecule has 2 nitrogen and oxygen atoms in total. The highest BCUT2D eigenvalue weighted by Gasteiger charge is 2.09. The second-order valence-electron chi connectivity index (χ2n) is 5.70. The third-order valence-corrected chi connectivity index (χ3v) is 4.12. The van der Waals surface area contributed by atoms with Crippen molar-refractivity contribution in [2.45, 2.75) is 52.6 Å². The zero-order valence-corrected chi connectivity index (χ0v) is 12.4. The summed E-state index contributed by atoms with van der Waals surface area (Å²) in [5, 5.41) is 1.37. The fraction of sp³-hybridized carbons (Fsp3) is 0.529. The molecule has 19 heavy (non-hydrogen) atoms. The molecule has 0 aliphatic rings.